The Kier molecular flexibility index (Phi) is 5.30. The van der Waals surface area contributed by atoms with Gasteiger partial charge in [0, 0.05) is 31.4 Å². The Bertz CT molecular complexity index is 493. The Morgan fingerprint density at radius 1 is 1.33 bits per heavy atom. The van der Waals surface area contributed by atoms with Gasteiger partial charge >= 0.3 is 0 Å². The molecule has 0 aliphatic rings. The van der Waals surface area contributed by atoms with Gasteiger partial charge in [0.25, 0.3) is 0 Å². The standard InChI is InChI=1S/C14H16BrNS2/c1-10-2-4-13(5-3-10)18-9-12(16)7-14-6-11(15)8-17-14/h2-6,8,12H,7,9,16H2,1H3. The van der Waals surface area contributed by atoms with Gasteiger partial charge in [-0.3, -0.25) is 0 Å². The van der Waals surface area contributed by atoms with Crippen LogP contribution in [0.1, 0.15) is 10.4 Å². The number of hydrogen-bond donors (Lipinski definition) is 1. The first-order chi connectivity index (χ1) is 8.63. The smallest absolute Gasteiger partial charge is 0.0285 e. The van der Waals surface area contributed by atoms with E-state index in [1.54, 1.807) is 11.3 Å². The first-order valence-electron chi connectivity index (χ1n) is 5.81. The zero-order valence-corrected chi connectivity index (χ0v) is 13.4. The van der Waals surface area contributed by atoms with Crippen molar-refractivity contribution in [2.75, 3.05) is 5.75 Å². The molecular weight excluding hydrogens is 326 g/mol. The van der Waals surface area contributed by atoms with Crippen molar-refractivity contribution in [1.82, 2.24) is 0 Å². The van der Waals surface area contributed by atoms with Crippen molar-refractivity contribution in [3.05, 3.63) is 50.6 Å². The molecule has 1 atom stereocenters. The fourth-order valence-corrected chi connectivity index (χ4v) is 4.01. The van der Waals surface area contributed by atoms with E-state index in [0.717, 1.165) is 16.6 Å². The number of thioether (sulfide) groups is 1. The maximum Gasteiger partial charge on any atom is 0.0285 e. The summed E-state index contributed by atoms with van der Waals surface area (Å²) in [5.41, 5.74) is 7.46. The quantitative estimate of drug-likeness (QED) is 0.811. The molecule has 0 aliphatic heterocycles. The summed E-state index contributed by atoms with van der Waals surface area (Å²) in [6, 6.07) is 11.0. The predicted octanol–water partition coefficient (Wildman–Crippen LogP) is 4.48. The highest BCUT2D eigenvalue weighted by atomic mass is 79.9. The van der Waals surface area contributed by atoms with Crippen molar-refractivity contribution < 1.29 is 0 Å². The molecule has 0 radical (unpaired) electrons. The van der Waals surface area contributed by atoms with Gasteiger partial charge in [0.15, 0.2) is 0 Å². The second kappa shape index (κ2) is 6.75. The number of nitrogens with two attached hydrogens (primary N) is 1. The third kappa shape index (κ3) is 4.43. The van der Waals surface area contributed by atoms with Gasteiger partial charge in [-0.25, -0.2) is 0 Å². The minimum absolute atomic E-state index is 0.210. The normalized spacial score (nSPS) is 12.6. The van der Waals surface area contributed by atoms with Gasteiger partial charge in [-0.15, -0.1) is 23.1 Å². The monoisotopic (exact) mass is 341 g/mol. The van der Waals surface area contributed by atoms with Crippen molar-refractivity contribution >= 4 is 39.0 Å². The van der Waals surface area contributed by atoms with Crippen LogP contribution in [0, 0.1) is 6.92 Å². The molecule has 0 saturated heterocycles. The van der Waals surface area contributed by atoms with Crippen molar-refractivity contribution in [2.24, 2.45) is 5.73 Å². The van der Waals surface area contributed by atoms with Gasteiger partial charge in [0.05, 0.1) is 0 Å². The van der Waals surface area contributed by atoms with E-state index in [1.807, 2.05) is 11.8 Å². The van der Waals surface area contributed by atoms with Crippen LogP contribution in [0.5, 0.6) is 0 Å². The molecule has 96 valence electrons. The summed E-state index contributed by atoms with van der Waals surface area (Å²) in [7, 11) is 0. The number of benzene rings is 1. The molecule has 18 heavy (non-hydrogen) atoms. The van der Waals surface area contributed by atoms with Crippen LogP contribution in [0.15, 0.2) is 45.1 Å². The topological polar surface area (TPSA) is 26.0 Å². The van der Waals surface area contributed by atoms with E-state index in [2.05, 4.69) is 58.6 Å². The van der Waals surface area contributed by atoms with Gasteiger partial charge in [-0.2, -0.15) is 0 Å². The molecule has 1 nitrogen and oxygen atoms in total. The zero-order chi connectivity index (χ0) is 13.0. The van der Waals surface area contributed by atoms with E-state index in [-0.39, 0.29) is 6.04 Å². The molecule has 1 aromatic carbocycles. The number of aryl methyl sites for hydroxylation is 1. The van der Waals surface area contributed by atoms with Crippen LogP contribution in [-0.4, -0.2) is 11.8 Å². The lowest BCUT2D eigenvalue weighted by Crippen LogP contribution is -2.25. The van der Waals surface area contributed by atoms with Crippen LogP contribution in [0.25, 0.3) is 0 Å². The highest BCUT2D eigenvalue weighted by Gasteiger charge is 2.07. The van der Waals surface area contributed by atoms with Crippen LogP contribution in [0.4, 0.5) is 0 Å². The van der Waals surface area contributed by atoms with Crippen molar-refractivity contribution in [3.63, 3.8) is 0 Å². The molecule has 2 rings (SSSR count). The van der Waals surface area contributed by atoms with E-state index < -0.39 is 0 Å². The molecule has 0 aliphatic carbocycles. The average molecular weight is 342 g/mol. The summed E-state index contributed by atoms with van der Waals surface area (Å²) < 4.78 is 1.15. The van der Waals surface area contributed by atoms with Crippen LogP contribution in [0.3, 0.4) is 0 Å². The molecule has 0 saturated carbocycles. The molecule has 0 bridgehead atoms. The second-order valence-electron chi connectivity index (χ2n) is 4.32. The van der Waals surface area contributed by atoms with E-state index in [9.17, 15) is 0 Å². The highest BCUT2D eigenvalue weighted by molar-refractivity contribution is 9.10. The molecule has 1 unspecified atom stereocenters. The lowest BCUT2D eigenvalue weighted by molar-refractivity contribution is 0.757. The van der Waals surface area contributed by atoms with Crippen LogP contribution < -0.4 is 5.73 Å². The summed E-state index contributed by atoms with van der Waals surface area (Å²) in [6.45, 7) is 2.11. The van der Waals surface area contributed by atoms with Crippen molar-refractivity contribution in [3.8, 4) is 0 Å². The zero-order valence-electron chi connectivity index (χ0n) is 10.2. The number of halogens is 1. The summed E-state index contributed by atoms with van der Waals surface area (Å²) in [4.78, 5) is 2.64. The van der Waals surface area contributed by atoms with Gasteiger partial charge in [0.2, 0.25) is 0 Å². The predicted molar refractivity (Wildman–Crippen MR) is 85.6 cm³/mol. The van der Waals surface area contributed by atoms with E-state index in [4.69, 9.17) is 5.73 Å². The third-order valence-electron chi connectivity index (χ3n) is 2.57. The molecule has 2 aromatic rings. The third-order valence-corrected chi connectivity index (χ3v) is 5.49. The van der Waals surface area contributed by atoms with E-state index in [0.29, 0.717) is 0 Å². The first kappa shape index (κ1) is 14.1. The number of rotatable bonds is 5. The Balaban J connectivity index is 1.81. The van der Waals surface area contributed by atoms with E-state index >= 15 is 0 Å². The van der Waals surface area contributed by atoms with Crippen molar-refractivity contribution in [1.29, 1.82) is 0 Å². The minimum atomic E-state index is 0.210. The number of thiophene rings is 1. The molecule has 2 N–H and O–H groups in total. The van der Waals surface area contributed by atoms with E-state index in [1.165, 1.54) is 15.3 Å². The Labute approximate surface area is 125 Å². The van der Waals surface area contributed by atoms with Crippen LogP contribution in [0.2, 0.25) is 0 Å². The molecular formula is C14H16BrNS2. The fraction of sp³-hybridized carbons (Fsp3) is 0.286. The first-order valence-corrected chi connectivity index (χ1v) is 8.47. The molecule has 0 amide bonds. The fourth-order valence-electron chi connectivity index (χ4n) is 1.62. The second-order valence-corrected chi connectivity index (χ2v) is 7.32. The van der Waals surface area contributed by atoms with Crippen molar-refractivity contribution in [2.45, 2.75) is 24.3 Å². The summed E-state index contributed by atoms with van der Waals surface area (Å²) in [5, 5.41) is 2.11. The summed E-state index contributed by atoms with van der Waals surface area (Å²) in [5.74, 6) is 0.957. The van der Waals surface area contributed by atoms with Gasteiger partial charge in [0.1, 0.15) is 0 Å². The summed E-state index contributed by atoms with van der Waals surface area (Å²) >= 11 is 7.07. The maximum absolute atomic E-state index is 6.16. The molecule has 0 spiro atoms. The minimum Gasteiger partial charge on any atom is -0.327 e. The largest absolute Gasteiger partial charge is 0.327 e. The average Bonchev–Trinajstić information content (AvgIpc) is 2.74. The number of hydrogen-bond acceptors (Lipinski definition) is 3. The Hall–Kier alpha value is -0.290. The SMILES string of the molecule is Cc1ccc(SCC(N)Cc2cc(Br)cs2)cc1. The van der Waals surface area contributed by atoms with Gasteiger partial charge in [-0.1, -0.05) is 17.7 Å². The van der Waals surface area contributed by atoms with Gasteiger partial charge in [-0.05, 0) is 47.5 Å². The highest BCUT2D eigenvalue weighted by Crippen LogP contribution is 2.23. The molecule has 1 heterocycles. The maximum atomic E-state index is 6.16. The lowest BCUT2D eigenvalue weighted by Gasteiger charge is -2.10. The Morgan fingerprint density at radius 3 is 2.67 bits per heavy atom. The van der Waals surface area contributed by atoms with Gasteiger partial charge < -0.3 is 5.73 Å². The Morgan fingerprint density at radius 2 is 2.06 bits per heavy atom. The van der Waals surface area contributed by atoms with Crippen LogP contribution in [-0.2, 0) is 6.42 Å². The molecule has 1 aromatic heterocycles. The van der Waals surface area contributed by atoms with Crippen LogP contribution >= 0.6 is 39.0 Å². The molecule has 0 fully saturated rings. The molecule has 4 heteroatoms. The summed E-state index contributed by atoms with van der Waals surface area (Å²) in [6.07, 6.45) is 0.954. The lowest BCUT2D eigenvalue weighted by atomic mass is 10.2.